The number of ether oxygens (including phenoxy) is 1. The Hall–Kier alpha value is -1.22. The van der Waals surface area contributed by atoms with Crippen molar-refractivity contribution in [3.8, 4) is 5.75 Å². The highest BCUT2D eigenvalue weighted by Crippen LogP contribution is 2.28. The van der Waals surface area contributed by atoms with Gasteiger partial charge in [0.2, 0.25) is 0 Å². The lowest BCUT2D eigenvalue weighted by atomic mass is 10.0. The fourth-order valence-corrected chi connectivity index (χ4v) is 1.85. The van der Waals surface area contributed by atoms with Crippen LogP contribution in [0.5, 0.6) is 5.75 Å². The first kappa shape index (κ1) is 12.8. The van der Waals surface area contributed by atoms with E-state index in [1.807, 2.05) is 13.8 Å². The minimum absolute atomic E-state index is 0.0321. The van der Waals surface area contributed by atoms with Crippen molar-refractivity contribution in [3.63, 3.8) is 0 Å². The molecular formula is C12H15ClO3. The second kappa shape index (κ2) is 5.75. The van der Waals surface area contributed by atoms with E-state index >= 15 is 0 Å². The Morgan fingerprint density at radius 3 is 2.62 bits per heavy atom. The number of carboxylic acids is 1. The molecule has 1 aromatic carbocycles. The van der Waals surface area contributed by atoms with Gasteiger partial charge in [0.05, 0.1) is 13.0 Å². The van der Waals surface area contributed by atoms with Crippen molar-refractivity contribution in [3.05, 3.63) is 28.3 Å². The lowest BCUT2D eigenvalue weighted by molar-refractivity contribution is -0.136. The van der Waals surface area contributed by atoms with Crippen LogP contribution in [0.1, 0.15) is 25.0 Å². The zero-order valence-corrected chi connectivity index (χ0v) is 10.2. The summed E-state index contributed by atoms with van der Waals surface area (Å²) in [5, 5.41) is 9.44. The van der Waals surface area contributed by atoms with Gasteiger partial charge in [-0.3, -0.25) is 4.79 Å². The minimum Gasteiger partial charge on any atom is -0.494 e. The topological polar surface area (TPSA) is 46.5 Å². The number of aliphatic carboxylic acids is 1. The summed E-state index contributed by atoms with van der Waals surface area (Å²) in [6.07, 6.45) is 0.707. The molecule has 3 nitrogen and oxygen atoms in total. The van der Waals surface area contributed by atoms with Gasteiger partial charge in [-0.05, 0) is 31.0 Å². The van der Waals surface area contributed by atoms with E-state index in [0.29, 0.717) is 17.4 Å². The Morgan fingerprint density at radius 1 is 1.44 bits per heavy atom. The highest BCUT2D eigenvalue weighted by molar-refractivity contribution is 6.30. The van der Waals surface area contributed by atoms with E-state index in [-0.39, 0.29) is 6.42 Å². The average molecular weight is 243 g/mol. The van der Waals surface area contributed by atoms with E-state index in [2.05, 4.69) is 0 Å². The molecule has 0 unspecified atom stereocenters. The van der Waals surface area contributed by atoms with Gasteiger partial charge in [0.25, 0.3) is 0 Å². The van der Waals surface area contributed by atoms with Crippen molar-refractivity contribution in [2.75, 3.05) is 6.61 Å². The molecule has 0 aliphatic heterocycles. The standard InChI is InChI=1S/C12H15ClO3/c1-3-8-5-9(13)6-11(16-4-2)10(8)7-12(14)15/h5-6H,3-4,7H2,1-2H3,(H,14,15). The van der Waals surface area contributed by atoms with Crippen LogP contribution >= 0.6 is 11.6 Å². The van der Waals surface area contributed by atoms with Gasteiger partial charge in [-0.2, -0.15) is 0 Å². The van der Waals surface area contributed by atoms with Gasteiger partial charge in [0, 0.05) is 10.6 Å². The largest absolute Gasteiger partial charge is 0.494 e. The van der Waals surface area contributed by atoms with Gasteiger partial charge in [0.15, 0.2) is 0 Å². The van der Waals surface area contributed by atoms with E-state index in [4.69, 9.17) is 21.4 Å². The number of rotatable bonds is 5. The summed E-state index contributed by atoms with van der Waals surface area (Å²) in [5.74, 6) is -0.285. The second-order valence-corrected chi connectivity index (χ2v) is 3.84. The summed E-state index contributed by atoms with van der Waals surface area (Å²) < 4.78 is 5.41. The molecular weight excluding hydrogens is 228 g/mol. The van der Waals surface area contributed by atoms with E-state index in [9.17, 15) is 4.79 Å². The normalized spacial score (nSPS) is 10.2. The third-order valence-corrected chi connectivity index (χ3v) is 2.49. The van der Waals surface area contributed by atoms with Gasteiger partial charge < -0.3 is 9.84 Å². The van der Waals surface area contributed by atoms with Gasteiger partial charge in [0.1, 0.15) is 5.75 Å². The molecule has 0 amide bonds. The van der Waals surface area contributed by atoms with Crippen LogP contribution in [-0.2, 0) is 17.6 Å². The smallest absolute Gasteiger partial charge is 0.307 e. The maximum Gasteiger partial charge on any atom is 0.307 e. The maximum atomic E-state index is 10.8. The van der Waals surface area contributed by atoms with Crippen LogP contribution < -0.4 is 4.74 Å². The third-order valence-electron chi connectivity index (χ3n) is 2.27. The minimum atomic E-state index is -0.863. The number of aryl methyl sites for hydroxylation is 1. The first-order chi connectivity index (χ1) is 7.58. The number of carboxylic acid groups (broad SMARTS) is 1. The number of carbonyl (C=O) groups is 1. The molecule has 0 radical (unpaired) electrons. The molecule has 0 aliphatic rings. The molecule has 0 saturated heterocycles. The Kier molecular flexibility index (Phi) is 4.62. The number of halogens is 1. The summed E-state index contributed by atoms with van der Waals surface area (Å²) in [7, 11) is 0. The fraction of sp³-hybridized carbons (Fsp3) is 0.417. The molecule has 4 heteroatoms. The molecule has 16 heavy (non-hydrogen) atoms. The SMILES string of the molecule is CCOc1cc(Cl)cc(CC)c1CC(=O)O. The van der Waals surface area contributed by atoms with Crippen LogP contribution in [0.4, 0.5) is 0 Å². The lowest BCUT2D eigenvalue weighted by Gasteiger charge is -2.13. The zero-order valence-electron chi connectivity index (χ0n) is 9.42. The van der Waals surface area contributed by atoms with Crippen molar-refractivity contribution in [2.24, 2.45) is 0 Å². The van der Waals surface area contributed by atoms with Crippen LogP contribution in [0.3, 0.4) is 0 Å². The summed E-state index contributed by atoms with van der Waals surface area (Å²) in [4.78, 5) is 10.8. The zero-order chi connectivity index (χ0) is 12.1. The van der Waals surface area contributed by atoms with E-state index < -0.39 is 5.97 Å². The first-order valence-electron chi connectivity index (χ1n) is 5.24. The van der Waals surface area contributed by atoms with Gasteiger partial charge in [-0.1, -0.05) is 18.5 Å². The van der Waals surface area contributed by atoms with Crippen LogP contribution in [0.25, 0.3) is 0 Å². The third kappa shape index (κ3) is 3.14. The van der Waals surface area contributed by atoms with Gasteiger partial charge in [-0.15, -0.1) is 0 Å². The lowest BCUT2D eigenvalue weighted by Crippen LogP contribution is -2.07. The Morgan fingerprint density at radius 2 is 2.12 bits per heavy atom. The predicted octanol–water partition coefficient (Wildman–Crippen LogP) is 2.93. The molecule has 0 spiro atoms. The summed E-state index contributed by atoms with van der Waals surface area (Å²) in [6, 6.07) is 3.46. The van der Waals surface area contributed by atoms with Gasteiger partial charge >= 0.3 is 5.97 Å². The molecule has 0 bridgehead atoms. The quantitative estimate of drug-likeness (QED) is 0.864. The molecule has 1 aromatic rings. The fourth-order valence-electron chi connectivity index (χ4n) is 1.62. The van der Waals surface area contributed by atoms with Crippen LogP contribution in [0.15, 0.2) is 12.1 Å². The molecule has 0 atom stereocenters. The molecule has 1 N–H and O–H groups in total. The molecule has 0 aromatic heterocycles. The van der Waals surface area contributed by atoms with Crippen molar-refractivity contribution >= 4 is 17.6 Å². The second-order valence-electron chi connectivity index (χ2n) is 3.40. The predicted molar refractivity (Wildman–Crippen MR) is 63.3 cm³/mol. The van der Waals surface area contributed by atoms with E-state index in [1.54, 1.807) is 12.1 Å². The maximum absolute atomic E-state index is 10.8. The van der Waals surface area contributed by atoms with E-state index in [1.165, 1.54) is 0 Å². The van der Waals surface area contributed by atoms with Crippen LogP contribution in [0.2, 0.25) is 5.02 Å². The highest BCUT2D eigenvalue weighted by Gasteiger charge is 2.13. The Labute approximate surface area is 100.0 Å². The van der Waals surface area contributed by atoms with Crippen molar-refractivity contribution in [2.45, 2.75) is 26.7 Å². The van der Waals surface area contributed by atoms with Crippen molar-refractivity contribution in [1.29, 1.82) is 0 Å². The number of benzene rings is 1. The van der Waals surface area contributed by atoms with Crippen LogP contribution in [-0.4, -0.2) is 17.7 Å². The van der Waals surface area contributed by atoms with Crippen LogP contribution in [0, 0.1) is 0 Å². The van der Waals surface area contributed by atoms with Gasteiger partial charge in [-0.25, -0.2) is 0 Å². The first-order valence-corrected chi connectivity index (χ1v) is 5.62. The monoisotopic (exact) mass is 242 g/mol. The molecule has 1 rings (SSSR count). The van der Waals surface area contributed by atoms with Crippen molar-refractivity contribution < 1.29 is 14.6 Å². The summed E-state index contributed by atoms with van der Waals surface area (Å²) in [6.45, 7) is 4.32. The Bertz CT molecular complexity index is 388. The molecule has 0 aliphatic carbocycles. The van der Waals surface area contributed by atoms with E-state index in [0.717, 1.165) is 17.5 Å². The Balaban J connectivity index is 3.20. The number of hydrogen-bond donors (Lipinski definition) is 1. The molecule has 88 valence electrons. The van der Waals surface area contributed by atoms with Crippen molar-refractivity contribution in [1.82, 2.24) is 0 Å². The molecule has 0 fully saturated rings. The molecule has 0 saturated carbocycles. The average Bonchev–Trinajstić information content (AvgIpc) is 2.21. The highest BCUT2D eigenvalue weighted by atomic mass is 35.5. The number of hydrogen-bond acceptors (Lipinski definition) is 2. The molecule has 0 heterocycles. The summed E-state index contributed by atoms with van der Waals surface area (Å²) >= 11 is 5.95. The summed E-state index contributed by atoms with van der Waals surface area (Å²) in [5.41, 5.74) is 1.65.